The van der Waals surface area contributed by atoms with E-state index < -0.39 is 0 Å². The van der Waals surface area contributed by atoms with E-state index in [1.165, 1.54) is 18.4 Å². The molecule has 1 aromatic carbocycles. The van der Waals surface area contributed by atoms with E-state index in [-0.39, 0.29) is 5.69 Å². The Balaban J connectivity index is 1.62. The van der Waals surface area contributed by atoms with Crippen LogP contribution < -0.4 is 0 Å². The molecule has 3 rings (SSSR count). The first-order chi connectivity index (χ1) is 10.8. The zero-order valence-corrected chi connectivity index (χ0v) is 12.4. The molecule has 22 heavy (non-hydrogen) atoms. The standard InChI is InChI=1S/C18H18N4/c19-10-17-18(11-20)22(13-21-17)12-14-6-8-16(9-7-14)15-4-2-1-3-5-15/h1-5,13-14,16H,6-9,12H2. The quantitative estimate of drug-likeness (QED) is 0.867. The highest BCUT2D eigenvalue weighted by Crippen LogP contribution is 2.36. The fourth-order valence-electron chi connectivity index (χ4n) is 3.40. The molecule has 0 unspecified atom stereocenters. The van der Waals surface area contributed by atoms with Crippen molar-refractivity contribution in [3.63, 3.8) is 0 Å². The molecule has 0 amide bonds. The van der Waals surface area contributed by atoms with Crippen molar-refractivity contribution in [2.45, 2.75) is 38.1 Å². The number of nitriles is 2. The maximum absolute atomic E-state index is 9.18. The average Bonchev–Trinajstić information content (AvgIpc) is 2.98. The van der Waals surface area contributed by atoms with E-state index >= 15 is 0 Å². The highest BCUT2D eigenvalue weighted by atomic mass is 15.1. The van der Waals surface area contributed by atoms with E-state index in [0.29, 0.717) is 17.5 Å². The Morgan fingerprint density at radius 3 is 2.41 bits per heavy atom. The van der Waals surface area contributed by atoms with Crippen LogP contribution in [0.25, 0.3) is 0 Å². The summed E-state index contributed by atoms with van der Waals surface area (Å²) in [7, 11) is 0. The summed E-state index contributed by atoms with van der Waals surface area (Å²) >= 11 is 0. The summed E-state index contributed by atoms with van der Waals surface area (Å²) in [4.78, 5) is 4.01. The van der Waals surface area contributed by atoms with Gasteiger partial charge in [-0.05, 0) is 43.1 Å². The van der Waals surface area contributed by atoms with Gasteiger partial charge in [-0.3, -0.25) is 0 Å². The number of rotatable bonds is 3. The highest BCUT2D eigenvalue weighted by molar-refractivity contribution is 5.36. The predicted octanol–water partition coefficient (Wildman–Crippen LogP) is 3.60. The van der Waals surface area contributed by atoms with Gasteiger partial charge in [-0.25, -0.2) is 4.98 Å². The topological polar surface area (TPSA) is 65.4 Å². The molecule has 0 atom stereocenters. The van der Waals surface area contributed by atoms with Crippen molar-refractivity contribution in [3.8, 4) is 12.1 Å². The molecule has 0 spiro atoms. The summed E-state index contributed by atoms with van der Waals surface area (Å²) < 4.78 is 1.84. The number of hydrogen-bond donors (Lipinski definition) is 0. The third-order valence-corrected chi connectivity index (χ3v) is 4.62. The van der Waals surface area contributed by atoms with Crippen LogP contribution in [-0.2, 0) is 6.54 Å². The van der Waals surface area contributed by atoms with Gasteiger partial charge in [0, 0.05) is 6.54 Å². The molecule has 0 aliphatic heterocycles. The first-order valence-corrected chi connectivity index (χ1v) is 7.72. The molecular formula is C18H18N4. The van der Waals surface area contributed by atoms with Crippen molar-refractivity contribution in [2.75, 3.05) is 0 Å². The van der Waals surface area contributed by atoms with Gasteiger partial charge in [0.1, 0.15) is 12.1 Å². The minimum absolute atomic E-state index is 0.237. The van der Waals surface area contributed by atoms with Gasteiger partial charge >= 0.3 is 0 Å². The van der Waals surface area contributed by atoms with Gasteiger partial charge in [-0.1, -0.05) is 30.3 Å². The van der Waals surface area contributed by atoms with Crippen LogP contribution in [0.1, 0.15) is 48.6 Å². The fourth-order valence-corrected chi connectivity index (χ4v) is 3.40. The van der Waals surface area contributed by atoms with E-state index in [2.05, 4.69) is 41.4 Å². The third kappa shape index (κ3) is 2.87. The fraction of sp³-hybridized carbons (Fsp3) is 0.389. The number of nitrogens with zero attached hydrogens (tertiary/aromatic N) is 4. The molecule has 4 heteroatoms. The molecule has 2 aromatic rings. The summed E-state index contributed by atoms with van der Waals surface area (Å²) in [6, 6.07) is 14.8. The molecular weight excluding hydrogens is 272 g/mol. The van der Waals surface area contributed by atoms with Gasteiger partial charge in [0.2, 0.25) is 0 Å². The highest BCUT2D eigenvalue weighted by Gasteiger charge is 2.23. The molecule has 4 nitrogen and oxygen atoms in total. The van der Waals surface area contributed by atoms with Crippen molar-refractivity contribution in [2.24, 2.45) is 5.92 Å². The third-order valence-electron chi connectivity index (χ3n) is 4.62. The lowest BCUT2D eigenvalue weighted by Gasteiger charge is -2.29. The van der Waals surface area contributed by atoms with Crippen LogP contribution in [0.15, 0.2) is 36.7 Å². The van der Waals surface area contributed by atoms with Gasteiger partial charge in [0.25, 0.3) is 0 Å². The van der Waals surface area contributed by atoms with Crippen molar-refractivity contribution in [3.05, 3.63) is 53.6 Å². The summed E-state index contributed by atoms with van der Waals surface area (Å²) in [6.45, 7) is 0.791. The number of aromatic nitrogens is 2. The molecule has 0 saturated heterocycles. The van der Waals surface area contributed by atoms with Gasteiger partial charge in [0.05, 0.1) is 6.33 Å². The van der Waals surface area contributed by atoms with Crippen LogP contribution in [-0.4, -0.2) is 9.55 Å². The monoisotopic (exact) mass is 290 g/mol. The normalized spacial score (nSPS) is 21.0. The molecule has 1 aliphatic carbocycles. The maximum atomic E-state index is 9.18. The summed E-state index contributed by atoms with van der Waals surface area (Å²) in [6.07, 6.45) is 6.32. The molecule has 0 N–H and O–H groups in total. The molecule has 110 valence electrons. The Hall–Kier alpha value is -2.59. The SMILES string of the molecule is N#Cc1ncn(CC2CCC(c3ccccc3)CC2)c1C#N. The van der Waals surface area contributed by atoms with Crippen molar-refractivity contribution in [1.82, 2.24) is 9.55 Å². The van der Waals surface area contributed by atoms with Gasteiger partial charge in [0.15, 0.2) is 11.4 Å². The van der Waals surface area contributed by atoms with Crippen molar-refractivity contribution < 1.29 is 0 Å². The number of benzene rings is 1. The van der Waals surface area contributed by atoms with E-state index in [4.69, 9.17) is 5.26 Å². The first-order valence-electron chi connectivity index (χ1n) is 7.72. The lowest BCUT2D eigenvalue weighted by Crippen LogP contribution is -2.18. The zero-order chi connectivity index (χ0) is 15.4. The van der Waals surface area contributed by atoms with E-state index in [0.717, 1.165) is 19.4 Å². The summed E-state index contributed by atoms with van der Waals surface area (Å²) in [5.41, 5.74) is 2.07. The van der Waals surface area contributed by atoms with Gasteiger partial charge in [-0.2, -0.15) is 10.5 Å². The minimum Gasteiger partial charge on any atom is -0.321 e. The molecule has 1 aromatic heterocycles. The molecule has 1 heterocycles. The second-order valence-electron chi connectivity index (χ2n) is 5.95. The lowest BCUT2D eigenvalue weighted by atomic mass is 9.78. The number of imidazole rings is 1. The van der Waals surface area contributed by atoms with E-state index in [9.17, 15) is 5.26 Å². The first kappa shape index (κ1) is 14.4. The molecule has 0 radical (unpaired) electrons. The molecule has 1 saturated carbocycles. The molecule has 1 aliphatic rings. The predicted molar refractivity (Wildman–Crippen MR) is 82.8 cm³/mol. The van der Waals surface area contributed by atoms with Crippen LogP contribution >= 0.6 is 0 Å². The van der Waals surface area contributed by atoms with E-state index in [1.54, 1.807) is 6.33 Å². The Morgan fingerprint density at radius 2 is 1.77 bits per heavy atom. The maximum Gasteiger partial charge on any atom is 0.176 e. The Bertz CT molecular complexity index is 710. The van der Waals surface area contributed by atoms with Crippen LogP contribution in [0.4, 0.5) is 0 Å². The molecule has 1 fully saturated rings. The Labute approximate surface area is 130 Å². The minimum atomic E-state index is 0.237. The van der Waals surface area contributed by atoms with Gasteiger partial charge < -0.3 is 4.57 Å². The Kier molecular flexibility index (Phi) is 4.21. The van der Waals surface area contributed by atoms with Crippen LogP contribution in [0.2, 0.25) is 0 Å². The lowest BCUT2D eigenvalue weighted by molar-refractivity contribution is 0.293. The second-order valence-corrected chi connectivity index (χ2v) is 5.95. The van der Waals surface area contributed by atoms with Crippen LogP contribution in [0.5, 0.6) is 0 Å². The second kappa shape index (κ2) is 6.45. The van der Waals surface area contributed by atoms with E-state index in [1.807, 2.05) is 10.6 Å². The summed E-state index contributed by atoms with van der Waals surface area (Å²) in [5, 5.41) is 18.1. The Morgan fingerprint density at radius 1 is 1.05 bits per heavy atom. The number of hydrogen-bond acceptors (Lipinski definition) is 3. The smallest absolute Gasteiger partial charge is 0.176 e. The van der Waals surface area contributed by atoms with Crippen LogP contribution in [0, 0.1) is 28.6 Å². The van der Waals surface area contributed by atoms with Crippen molar-refractivity contribution >= 4 is 0 Å². The zero-order valence-electron chi connectivity index (χ0n) is 12.4. The van der Waals surface area contributed by atoms with Crippen molar-refractivity contribution in [1.29, 1.82) is 10.5 Å². The van der Waals surface area contributed by atoms with Gasteiger partial charge in [-0.15, -0.1) is 0 Å². The average molecular weight is 290 g/mol. The molecule has 0 bridgehead atoms. The summed E-state index contributed by atoms with van der Waals surface area (Å²) in [5.74, 6) is 1.22. The largest absolute Gasteiger partial charge is 0.321 e. The van der Waals surface area contributed by atoms with Crippen LogP contribution in [0.3, 0.4) is 0 Å².